The lowest BCUT2D eigenvalue weighted by Crippen LogP contribution is -2.36. The molecule has 0 saturated carbocycles. The molecule has 0 atom stereocenters. The van der Waals surface area contributed by atoms with Crippen LogP contribution in [0, 0.1) is 0 Å². The van der Waals surface area contributed by atoms with E-state index >= 15 is 0 Å². The number of hydrogen-bond donors (Lipinski definition) is 0. The molecule has 1 saturated heterocycles. The van der Waals surface area contributed by atoms with Crippen LogP contribution in [-0.2, 0) is 16.4 Å². The van der Waals surface area contributed by atoms with Gasteiger partial charge in [0.1, 0.15) is 5.82 Å². The zero-order chi connectivity index (χ0) is 18.4. The molecule has 1 aliphatic heterocycles. The molecule has 6 nitrogen and oxygen atoms in total. The third kappa shape index (κ3) is 5.02. The highest BCUT2D eigenvalue weighted by Gasteiger charge is 2.25. The lowest BCUT2D eigenvalue weighted by Gasteiger charge is -2.21. The minimum atomic E-state index is -3.14. The summed E-state index contributed by atoms with van der Waals surface area (Å²) in [7, 11) is -3.14. The highest BCUT2D eigenvalue weighted by atomic mass is 32.2. The third-order valence-electron chi connectivity index (χ3n) is 4.54. The SMILES string of the molecule is CCCCS(=O)(=O)N1CCCN(c2nc(Cc3ccccc3)ns2)CC1. The first-order valence-electron chi connectivity index (χ1n) is 9.18. The molecule has 8 heteroatoms. The van der Waals surface area contributed by atoms with Crippen LogP contribution in [0.1, 0.15) is 37.6 Å². The molecule has 0 N–H and O–H groups in total. The van der Waals surface area contributed by atoms with Gasteiger partial charge in [0.15, 0.2) is 0 Å². The van der Waals surface area contributed by atoms with Crippen LogP contribution in [0.4, 0.5) is 5.13 Å². The Labute approximate surface area is 160 Å². The van der Waals surface area contributed by atoms with Crippen LogP contribution in [0.2, 0.25) is 0 Å². The molecule has 26 heavy (non-hydrogen) atoms. The summed E-state index contributed by atoms with van der Waals surface area (Å²) in [6.07, 6.45) is 3.16. The van der Waals surface area contributed by atoms with Crippen LogP contribution in [0.25, 0.3) is 0 Å². The Morgan fingerprint density at radius 3 is 2.69 bits per heavy atom. The van der Waals surface area contributed by atoms with E-state index in [0.29, 0.717) is 19.6 Å². The number of sulfonamides is 1. The Bertz CT molecular complexity index is 793. The van der Waals surface area contributed by atoms with Crippen LogP contribution in [0.3, 0.4) is 0 Å². The smallest absolute Gasteiger partial charge is 0.214 e. The first-order valence-corrected chi connectivity index (χ1v) is 11.6. The number of aromatic nitrogens is 2. The van der Waals surface area contributed by atoms with Crippen molar-refractivity contribution in [3.63, 3.8) is 0 Å². The average Bonchev–Trinajstić information content (AvgIpc) is 2.95. The highest BCUT2D eigenvalue weighted by molar-refractivity contribution is 7.89. The maximum Gasteiger partial charge on any atom is 0.214 e. The van der Waals surface area contributed by atoms with Gasteiger partial charge in [0, 0.05) is 44.1 Å². The Balaban J connectivity index is 1.61. The van der Waals surface area contributed by atoms with Crippen molar-refractivity contribution in [2.24, 2.45) is 0 Å². The number of nitrogens with zero attached hydrogens (tertiary/aromatic N) is 4. The van der Waals surface area contributed by atoms with Gasteiger partial charge in [-0.2, -0.15) is 4.37 Å². The van der Waals surface area contributed by atoms with Gasteiger partial charge in [0.25, 0.3) is 0 Å². The topological polar surface area (TPSA) is 66.4 Å². The zero-order valence-electron chi connectivity index (χ0n) is 15.2. The van der Waals surface area contributed by atoms with Gasteiger partial charge in [-0.25, -0.2) is 17.7 Å². The molecular weight excluding hydrogens is 368 g/mol. The fourth-order valence-electron chi connectivity index (χ4n) is 3.04. The fourth-order valence-corrected chi connectivity index (χ4v) is 5.46. The van der Waals surface area contributed by atoms with Crippen molar-refractivity contribution >= 4 is 26.7 Å². The quantitative estimate of drug-likeness (QED) is 0.722. The van der Waals surface area contributed by atoms with Crippen molar-refractivity contribution in [3.05, 3.63) is 41.7 Å². The van der Waals surface area contributed by atoms with Crippen molar-refractivity contribution in [3.8, 4) is 0 Å². The highest BCUT2D eigenvalue weighted by Crippen LogP contribution is 2.21. The van der Waals surface area contributed by atoms with Crippen molar-refractivity contribution in [1.29, 1.82) is 0 Å². The van der Waals surface area contributed by atoms with Gasteiger partial charge in [-0.05, 0) is 18.4 Å². The number of unbranched alkanes of at least 4 members (excludes halogenated alkanes) is 1. The van der Waals surface area contributed by atoms with Crippen LogP contribution < -0.4 is 4.90 Å². The molecule has 0 amide bonds. The standard InChI is InChI=1S/C18H26N4O2S2/c1-2-3-14-26(23,24)22-11-7-10-21(12-13-22)18-19-17(20-25-18)15-16-8-5-4-6-9-16/h4-6,8-9H,2-3,7,10-15H2,1H3. The van der Waals surface area contributed by atoms with E-state index in [1.54, 1.807) is 4.31 Å². The second-order valence-electron chi connectivity index (χ2n) is 6.56. The van der Waals surface area contributed by atoms with Gasteiger partial charge < -0.3 is 4.90 Å². The van der Waals surface area contributed by atoms with Crippen molar-refractivity contribution in [2.45, 2.75) is 32.6 Å². The molecule has 2 heterocycles. The maximum absolute atomic E-state index is 12.4. The molecule has 1 aromatic carbocycles. The zero-order valence-corrected chi connectivity index (χ0v) is 16.8. The minimum absolute atomic E-state index is 0.254. The lowest BCUT2D eigenvalue weighted by molar-refractivity contribution is 0.432. The molecule has 1 aliphatic rings. The minimum Gasteiger partial charge on any atom is -0.345 e. The predicted molar refractivity (Wildman–Crippen MR) is 106 cm³/mol. The van der Waals surface area contributed by atoms with E-state index in [9.17, 15) is 8.42 Å². The van der Waals surface area contributed by atoms with Crippen LogP contribution >= 0.6 is 11.5 Å². The summed E-state index contributed by atoms with van der Waals surface area (Å²) >= 11 is 1.40. The van der Waals surface area contributed by atoms with Gasteiger partial charge in [-0.1, -0.05) is 43.7 Å². The van der Waals surface area contributed by atoms with Gasteiger partial charge in [0.05, 0.1) is 5.75 Å². The largest absolute Gasteiger partial charge is 0.345 e. The van der Waals surface area contributed by atoms with E-state index in [0.717, 1.165) is 43.2 Å². The number of anilines is 1. The van der Waals surface area contributed by atoms with E-state index in [1.165, 1.54) is 17.1 Å². The Kier molecular flexibility index (Phi) is 6.61. The monoisotopic (exact) mass is 394 g/mol. The van der Waals surface area contributed by atoms with Gasteiger partial charge in [-0.3, -0.25) is 0 Å². The second-order valence-corrected chi connectivity index (χ2v) is 9.38. The van der Waals surface area contributed by atoms with Gasteiger partial charge >= 0.3 is 0 Å². The summed E-state index contributed by atoms with van der Waals surface area (Å²) in [5.74, 6) is 1.08. The van der Waals surface area contributed by atoms with Gasteiger partial charge in [0.2, 0.25) is 15.2 Å². The Hall–Kier alpha value is -1.51. The third-order valence-corrected chi connectivity index (χ3v) is 7.31. The molecule has 0 bridgehead atoms. The van der Waals surface area contributed by atoms with Crippen LogP contribution in [0.15, 0.2) is 30.3 Å². The summed E-state index contributed by atoms with van der Waals surface area (Å²) in [6, 6.07) is 10.2. The normalized spacial score (nSPS) is 16.6. The van der Waals surface area contributed by atoms with E-state index in [2.05, 4.69) is 26.4 Å². The van der Waals surface area contributed by atoms with Crippen molar-refractivity contribution < 1.29 is 8.42 Å². The molecule has 1 fully saturated rings. The molecule has 0 unspecified atom stereocenters. The van der Waals surface area contributed by atoms with Crippen molar-refractivity contribution in [1.82, 2.24) is 13.7 Å². The molecule has 1 aromatic heterocycles. The Morgan fingerprint density at radius 2 is 1.92 bits per heavy atom. The van der Waals surface area contributed by atoms with Crippen molar-refractivity contribution in [2.75, 3.05) is 36.8 Å². The van der Waals surface area contributed by atoms with E-state index in [4.69, 9.17) is 0 Å². The fraction of sp³-hybridized carbons (Fsp3) is 0.556. The van der Waals surface area contributed by atoms with E-state index < -0.39 is 10.0 Å². The molecular formula is C18H26N4O2S2. The van der Waals surface area contributed by atoms with Crippen LogP contribution in [-0.4, -0.2) is 54.0 Å². The number of benzene rings is 1. The average molecular weight is 395 g/mol. The molecule has 0 aliphatic carbocycles. The summed E-state index contributed by atoms with van der Waals surface area (Å²) in [6.45, 7) is 4.63. The molecule has 0 radical (unpaired) electrons. The molecule has 142 valence electrons. The lowest BCUT2D eigenvalue weighted by atomic mass is 10.1. The summed E-state index contributed by atoms with van der Waals surface area (Å²) in [4.78, 5) is 6.84. The van der Waals surface area contributed by atoms with E-state index in [-0.39, 0.29) is 5.75 Å². The van der Waals surface area contributed by atoms with Gasteiger partial charge in [-0.15, -0.1) is 0 Å². The predicted octanol–water partition coefficient (Wildman–Crippen LogP) is 2.77. The Morgan fingerprint density at radius 1 is 1.12 bits per heavy atom. The maximum atomic E-state index is 12.4. The summed E-state index contributed by atoms with van der Waals surface area (Å²) in [5.41, 5.74) is 1.20. The molecule has 3 rings (SSSR count). The second kappa shape index (κ2) is 8.92. The number of hydrogen-bond acceptors (Lipinski definition) is 6. The summed E-state index contributed by atoms with van der Waals surface area (Å²) < 4.78 is 31.0. The van der Waals surface area contributed by atoms with Crippen LogP contribution in [0.5, 0.6) is 0 Å². The molecule has 0 spiro atoms. The first-order chi connectivity index (χ1) is 12.6. The first kappa shape index (κ1) is 19.3. The molecule has 2 aromatic rings. The number of rotatable bonds is 7. The van der Waals surface area contributed by atoms with E-state index in [1.807, 2.05) is 25.1 Å². The summed E-state index contributed by atoms with van der Waals surface area (Å²) in [5, 5.41) is 0.892.